The van der Waals surface area contributed by atoms with Gasteiger partial charge in [0.2, 0.25) is 5.91 Å². The number of carbonyl (C=O) groups excluding carboxylic acids is 2. The van der Waals surface area contributed by atoms with Crippen molar-refractivity contribution in [3.63, 3.8) is 0 Å². The van der Waals surface area contributed by atoms with Gasteiger partial charge in [-0.05, 0) is 49.2 Å². The summed E-state index contributed by atoms with van der Waals surface area (Å²) in [5, 5.41) is 3.26. The average molecular weight is 330 g/mol. The van der Waals surface area contributed by atoms with Gasteiger partial charge < -0.3 is 10.2 Å². The highest BCUT2D eigenvalue weighted by atomic mass is 35.5. The molecule has 2 aromatic rings. The van der Waals surface area contributed by atoms with Crippen LogP contribution in [0.5, 0.6) is 0 Å². The molecule has 5 nitrogen and oxygen atoms in total. The lowest BCUT2D eigenvalue weighted by molar-refractivity contribution is -0.117. The number of hydrogen-bond donors (Lipinski definition) is 1. The Hall–Kier alpha value is -2.40. The van der Waals surface area contributed by atoms with Gasteiger partial charge in [0, 0.05) is 24.2 Å². The van der Waals surface area contributed by atoms with Crippen molar-refractivity contribution in [3.8, 4) is 0 Å². The first kappa shape index (κ1) is 15.5. The number of aryl methyl sites for hydroxylation is 1. The highest BCUT2D eigenvalue weighted by Crippen LogP contribution is 2.29. The lowest BCUT2D eigenvalue weighted by Gasteiger charge is -2.19. The van der Waals surface area contributed by atoms with E-state index in [1.54, 1.807) is 35.4 Å². The molecule has 1 aromatic carbocycles. The number of nitrogens with one attached hydrogen (secondary N) is 1. The minimum absolute atomic E-state index is 0.00926. The molecule has 0 atom stereocenters. The summed E-state index contributed by atoms with van der Waals surface area (Å²) < 4.78 is 0. The molecule has 3 rings (SSSR count). The number of hydrogen-bond acceptors (Lipinski definition) is 3. The van der Waals surface area contributed by atoms with Gasteiger partial charge in [0.05, 0.1) is 11.3 Å². The average Bonchev–Trinajstić information content (AvgIpc) is 2.93. The number of rotatable bonds is 3. The molecule has 1 aliphatic rings. The van der Waals surface area contributed by atoms with Gasteiger partial charge in [-0.1, -0.05) is 11.6 Å². The fraction of sp³-hybridized carbons (Fsp3) is 0.235. The molecule has 1 aromatic heterocycles. The third-order valence-corrected chi connectivity index (χ3v) is 3.96. The molecule has 0 unspecified atom stereocenters. The van der Waals surface area contributed by atoms with Gasteiger partial charge in [-0.2, -0.15) is 0 Å². The summed E-state index contributed by atoms with van der Waals surface area (Å²) in [7, 11) is 0. The minimum Gasteiger partial charge on any atom is -0.312 e. The van der Waals surface area contributed by atoms with Crippen LogP contribution in [0.15, 0.2) is 36.5 Å². The van der Waals surface area contributed by atoms with Crippen molar-refractivity contribution in [2.75, 3.05) is 16.8 Å². The van der Waals surface area contributed by atoms with Crippen LogP contribution in [0.1, 0.15) is 28.8 Å². The van der Waals surface area contributed by atoms with Gasteiger partial charge in [0.1, 0.15) is 5.82 Å². The SMILES string of the molecule is Cc1ccnc(NC(=O)c2ccc(Cl)cc2N2CCCC2=O)c1. The summed E-state index contributed by atoms with van der Waals surface area (Å²) in [5.41, 5.74) is 1.96. The standard InChI is InChI=1S/C17H16ClN3O2/c1-11-6-7-19-15(9-11)20-17(23)13-5-4-12(18)10-14(13)21-8-2-3-16(21)22/h4-7,9-10H,2-3,8H2,1H3,(H,19,20,23). The Morgan fingerprint density at radius 3 is 2.83 bits per heavy atom. The Balaban J connectivity index is 1.92. The van der Waals surface area contributed by atoms with E-state index in [9.17, 15) is 9.59 Å². The highest BCUT2D eigenvalue weighted by molar-refractivity contribution is 6.31. The van der Waals surface area contributed by atoms with Gasteiger partial charge in [0.15, 0.2) is 0 Å². The first-order valence-electron chi connectivity index (χ1n) is 7.38. The second-order valence-electron chi connectivity index (χ2n) is 5.48. The van der Waals surface area contributed by atoms with Crippen molar-refractivity contribution in [3.05, 3.63) is 52.7 Å². The molecule has 6 heteroatoms. The number of halogens is 1. The van der Waals surface area contributed by atoms with E-state index in [1.807, 2.05) is 13.0 Å². The molecule has 0 radical (unpaired) electrons. The van der Waals surface area contributed by atoms with Crippen LogP contribution in [-0.2, 0) is 4.79 Å². The zero-order valence-corrected chi connectivity index (χ0v) is 13.4. The molecule has 1 saturated heterocycles. The summed E-state index contributed by atoms with van der Waals surface area (Å²) >= 11 is 6.05. The third-order valence-electron chi connectivity index (χ3n) is 3.73. The zero-order chi connectivity index (χ0) is 16.4. The Morgan fingerprint density at radius 1 is 1.30 bits per heavy atom. The number of pyridine rings is 1. The van der Waals surface area contributed by atoms with Crippen LogP contribution in [0.2, 0.25) is 5.02 Å². The molecular formula is C17H16ClN3O2. The normalized spacial score (nSPS) is 14.2. The number of nitrogens with zero attached hydrogens (tertiary/aromatic N) is 2. The third kappa shape index (κ3) is 3.35. The van der Waals surface area contributed by atoms with Gasteiger partial charge >= 0.3 is 0 Å². The molecular weight excluding hydrogens is 314 g/mol. The van der Waals surface area contributed by atoms with Gasteiger partial charge in [0.25, 0.3) is 5.91 Å². The number of amides is 2. The van der Waals surface area contributed by atoms with Crippen LogP contribution >= 0.6 is 11.6 Å². The number of benzene rings is 1. The lowest BCUT2D eigenvalue weighted by atomic mass is 10.1. The van der Waals surface area contributed by atoms with E-state index in [2.05, 4.69) is 10.3 Å². The van der Waals surface area contributed by atoms with Crippen molar-refractivity contribution in [1.82, 2.24) is 4.98 Å². The van der Waals surface area contributed by atoms with Crippen LogP contribution in [0.3, 0.4) is 0 Å². The van der Waals surface area contributed by atoms with E-state index in [-0.39, 0.29) is 11.8 Å². The van der Waals surface area contributed by atoms with E-state index in [0.29, 0.717) is 35.1 Å². The smallest absolute Gasteiger partial charge is 0.258 e. The molecule has 1 N–H and O–H groups in total. The van der Waals surface area contributed by atoms with Crippen LogP contribution in [0, 0.1) is 6.92 Å². The Labute approximate surface area is 139 Å². The molecule has 0 spiro atoms. The minimum atomic E-state index is -0.311. The van der Waals surface area contributed by atoms with Gasteiger partial charge in [-0.15, -0.1) is 0 Å². The molecule has 1 fully saturated rings. The highest BCUT2D eigenvalue weighted by Gasteiger charge is 2.26. The van der Waals surface area contributed by atoms with Crippen molar-refractivity contribution >= 4 is 34.9 Å². The van der Waals surface area contributed by atoms with Crippen molar-refractivity contribution in [2.24, 2.45) is 0 Å². The predicted octanol–water partition coefficient (Wildman–Crippen LogP) is 3.42. The Morgan fingerprint density at radius 2 is 2.13 bits per heavy atom. The summed E-state index contributed by atoms with van der Waals surface area (Å²) in [6, 6.07) is 8.57. The molecule has 0 aliphatic carbocycles. The first-order valence-corrected chi connectivity index (χ1v) is 7.76. The van der Waals surface area contributed by atoms with E-state index in [1.165, 1.54) is 0 Å². The quantitative estimate of drug-likeness (QED) is 0.938. The summed E-state index contributed by atoms with van der Waals surface area (Å²) in [4.78, 5) is 30.3. The Kier molecular flexibility index (Phi) is 4.30. The summed E-state index contributed by atoms with van der Waals surface area (Å²) in [5.74, 6) is 0.174. The monoisotopic (exact) mass is 329 g/mol. The second kappa shape index (κ2) is 6.38. The first-order chi connectivity index (χ1) is 11.0. The number of carbonyl (C=O) groups is 2. The topological polar surface area (TPSA) is 62.3 Å². The maximum atomic E-state index is 12.6. The number of aromatic nitrogens is 1. The molecule has 1 aliphatic heterocycles. The lowest BCUT2D eigenvalue weighted by Crippen LogP contribution is -2.27. The van der Waals surface area contributed by atoms with E-state index in [0.717, 1.165) is 12.0 Å². The molecule has 2 heterocycles. The molecule has 118 valence electrons. The largest absolute Gasteiger partial charge is 0.312 e. The van der Waals surface area contributed by atoms with Crippen molar-refractivity contribution in [1.29, 1.82) is 0 Å². The molecule has 2 amide bonds. The van der Waals surface area contributed by atoms with Crippen LogP contribution in [0.4, 0.5) is 11.5 Å². The van der Waals surface area contributed by atoms with Crippen molar-refractivity contribution < 1.29 is 9.59 Å². The summed E-state index contributed by atoms with van der Waals surface area (Å²) in [6.07, 6.45) is 2.91. The Bertz CT molecular complexity index is 776. The molecule has 23 heavy (non-hydrogen) atoms. The maximum absolute atomic E-state index is 12.6. The summed E-state index contributed by atoms with van der Waals surface area (Å²) in [6.45, 7) is 2.52. The van der Waals surface area contributed by atoms with Gasteiger partial charge in [-0.3, -0.25) is 9.59 Å². The van der Waals surface area contributed by atoms with E-state index in [4.69, 9.17) is 11.6 Å². The van der Waals surface area contributed by atoms with E-state index < -0.39 is 0 Å². The molecule has 0 saturated carbocycles. The van der Waals surface area contributed by atoms with Crippen LogP contribution in [-0.4, -0.2) is 23.3 Å². The fourth-order valence-corrected chi connectivity index (χ4v) is 2.78. The maximum Gasteiger partial charge on any atom is 0.258 e. The van der Waals surface area contributed by atoms with E-state index >= 15 is 0 Å². The van der Waals surface area contributed by atoms with Crippen molar-refractivity contribution in [2.45, 2.75) is 19.8 Å². The number of anilines is 2. The van der Waals surface area contributed by atoms with Gasteiger partial charge in [-0.25, -0.2) is 4.98 Å². The fourth-order valence-electron chi connectivity index (χ4n) is 2.61. The molecule has 0 bridgehead atoms. The van der Waals surface area contributed by atoms with Crippen LogP contribution in [0.25, 0.3) is 0 Å². The van der Waals surface area contributed by atoms with Crippen LogP contribution < -0.4 is 10.2 Å². The zero-order valence-electron chi connectivity index (χ0n) is 12.7. The predicted molar refractivity (Wildman–Crippen MR) is 90.0 cm³/mol. The second-order valence-corrected chi connectivity index (χ2v) is 5.92.